The van der Waals surface area contributed by atoms with Crippen LogP contribution in [-0.2, 0) is 13.6 Å². The average Bonchev–Trinajstić information content (AvgIpc) is 2.85. The van der Waals surface area contributed by atoms with Crippen molar-refractivity contribution in [1.29, 1.82) is 0 Å². The lowest BCUT2D eigenvalue weighted by molar-refractivity contribution is -0.103. The first kappa shape index (κ1) is 18.1. The summed E-state index contributed by atoms with van der Waals surface area (Å²) in [5.74, 6) is 2.57. The molecule has 0 unspecified atom stereocenters. The molecule has 5 rings (SSSR count). The largest absolute Gasteiger partial charge is 0.311 e. The van der Waals surface area contributed by atoms with Crippen LogP contribution in [0.4, 0.5) is 0 Å². The topological polar surface area (TPSA) is 39.0 Å². The van der Waals surface area contributed by atoms with E-state index in [2.05, 4.69) is 35.1 Å². The van der Waals surface area contributed by atoms with Gasteiger partial charge in [0, 0.05) is 13.6 Å². The van der Waals surface area contributed by atoms with Gasteiger partial charge < -0.3 is 5.32 Å². The Bertz CT molecular complexity index is 850. The lowest BCUT2D eigenvalue weighted by atomic mass is 9.45. The van der Waals surface area contributed by atoms with Gasteiger partial charge in [0.15, 0.2) is 0 Å². The van der Waals surface area contributed by atoms with Crippen molar-refractivity contribution in [2.75, 3.05) is 6.54 Å². The van der Waals surface area contributed by atoms with Gasteiger partial charge in [-0.2, -0.15) is 0 Å². The molecule has 3 atom stereocenters. The zero-order valence-electron chi connectivity index (χ0n) is 15.8. The molecule has 140 valence electrons. The van der Waals surface area contributed by atoms with Gasteiger partial charge in [-0.1, -0.05) is 32.0 Å². The summed E-state index contributed by atoms with van der Waals surface area (Å²) in [6.07, 6.45) is 4.13. The predicted octanol–water partition coefficient (Wildman–Crippen LogP) is 4.10. The van der Waals surface area contributed by atoms with E-state index in [1.807, 2.05) is 42.1 Å². The highest BCUT2D eigenvalue weighted by atomic mass is 79.9. The Hall–Kier alpha value is -1.33. The third-order valence-corrected chi connectivity index (χ3v) is 7.82. The normalized spacial score (nSPS) is 26.5. The fraction of sp³-hybridized carbons (Fsp3) is 0.571. The lowest BCUT2D eigenvalue weighted by Gasteiger charge is -2.60. The van der Waals surface area contributed by atoms with E-state index < -0.39 is 0 Å². The van der Waals surface area contributed by atoms with E-state index in [9.17, 15) is 4.79 Å². The monoisotopic (exact) mass is 417 g/mol. The molecule has 0 spiro atoms. The summed E-state index contributed by atoms with van der Waals surface area (Å²) in [4.78, 5) is 12.7. The molecular formula is C21H28BrN3O. The number of para-hydroxylation sites is 1. The van der Waals surface area contributed by atoms with Crippen LogP contribution in [0.25, 0.3) is 5.69 Å². The summed E-state index contributed by atoms with van der Waals surface area (Å²) < 4.78 is 4.34. The van der Waals surface area contributed by atoms with Crippen LogP contribution in [0.15, 0.2) is 39.6 Å². The van der Waals surface area contributed by atoms with Gasteiger partial charge in [0.05, 0.1) is 11.4 Å². The van der Waals surface area contributed by atoms with Crippen molar-refractivity contribution in [3.05, 3.63) is 50.9 Å². The number of nitrogens with one attached hydrogen (secondary N) is 1. The molecule has 1 heterocycles. The molecule has 3 aliphatic carbocycles. The molecule has 1 aromatic heterocycles. The van der Waals surface area contributed by atoms with Crippen LogP contribution >= 0.6 is 15.9 Å². The van der Waals surface area contributed by atoms with Crippen LogP contribution < -0.4 is 10.9 Å². The van der Waals surface area contributed by atoms with Crippen LogP contribution in [0.1, 0.15) is 38.8 Å². The third-order valence-electron chi connectivity index (χ3n) is 7.03. The molecule has 4 nitrogen and oxygen atoms in total. The van der Waals surface area contributed by atoms with Crippen LogP contribution in [-0.4, -0.2) is 15.9 Å². The molecule has 3 saturated carbocycles. The molecule has 3 fully saturated rings. The Morgan fingerprint density at radius 3 is 2.62 bits per heavy atom. The van der Waals surface area contributed by atoms with E-state index in [1.54, 1.807) is 4.68 Å². The Labute approximate surface area is 163 Å². The van der Waals surface area contributed by atoms with Crippen molar-refractivity contribution in [3.63, 3.8) is 0 Å². The van der Waals surface area contributed by atoms with E-state index in [1.165, 1.54) is 19.3 Å². The minimum absolute atomic E-state index is 0.00358. The molecule has 1 aromatic carbocycles. The number of hydrogen-bond acceptors (Lipinski definition) is 2. The van der Waals surface area contributed by atoms with E-state index >= 15 is 0 Å². The summed E-state index contributed by atoms with van der Waals surface area (Å²) in [5.41, 5.74) is 2.41. The van der Waals surface area contributed by atoms with Gasteiger partial charge in [-0.3, -0.25) is 9.48 Å². The molecule has 0 radical (unpaired) electrons. The number of rotatable bonds is 5. The number of halogens is 1. The highest BCUT2D eigenvalue weighted by Gasteiger charge is 2.53. The SMILES string of the molecule is Cn1c(CNC[C@@H]2CC[C@H]3C[C@@H]2C3(C)C)c(Br)c(=O)n1-c1ccccc1. The fourth-order valence-corrected chi connectivity index (χ4v) is 5.81. The van der Waals surface area contributed by atoms with Gasteiger partial charge in [0.2, 0.25) is 0 Å². The third kappa shape index (κ3) is 2.80. The number of hydrogen-bond donors (Lipinski definition) is 1. The summed E-state index contributed by atoms with van der Waals surface area (Å²) in [7, 11) is 1.95. The first-order chi connectivity index (χ1) is 12.4. The Morgan fingerprint density at radius 1 is 1.23 bits per heavy atom. The summed E-state index contributed by atoms with van der Waals surface area (Å²) in [5, 5.41) is 3.63. The molecule has 0 aliphatic heterocycles. The van der Waals surface area contributed by atoms with Crippen molar-refractivity contribution < 1.29 is 0 Å². The zero-order valence-corrected chi connectivity index (χ0v) is 17.4. The van der Waals surface area contributed by atoms with Crippen molar-refractivity contribution >= 4 is 15.9 Å². The van der Waals surface area contributed by atoms with Gasteiger partial charge in [-0.15, -0.1) is 0 Å². The van der Waals surface area contributed by atoms with Crippen molar-refractivity contribution in [2.24, 2.45) is 30.2 Å². The quantitative estimate of drug-likeness (QED) is 0.794. The van der Waals surface area contributed by atoms with E-state index in [-0.39, 0.29) is 5.56 Å². The maximum Gasteiger partial charge on any atom is 0.286 e. The summed E-state index contributed by atoms with van der Waals surface area (Å²) in [6, 6.07) is 9.80. The number of nitrogens with zero attached hydrogens (tertiary/aromatic N) is 2. The Balaban J connectivity index is 1.47. The van der Waals surface area contributed by atoms with Crippen molar-refractivity contribution in [3.8, 4) is 5.69 Å². The summed E-state index contributed by atoms with van der Waals surface area (Å²) >= 11 is 3.52. The van der Waals surface area contributed by atoms with Gasteiger partial charge in [-0.05, 0) is 77.0 Å². The molecule has 2 aromatic rings. The fourth-order valence-electron chi connectivity index (χ4n) is 5.25. The maximum absolute atomic E-state index is 12.7. The molecule has 3 aliphatic rings. The van der Waals surface area contributed by atoms with Crippen LogP contribution in [0, 0.1) is 23.2 Å². The zero-order chi connectivity index (χ0) is 18.5. The second-order valence-corrected chi connectivity index (χ2v) is 9.36. The second kappa shape index (κ2) is 6.68. The Morgan fingerprint density at radius 2 is 1.96 bits per heavy atom. The maximum atomic E-state index is 12.7. The van der Waals surface area contributed by atoms with Crippen molar-refractivity contribution in [1.82, 2.24) is 14.7 Å². The minimum atomic E-state index is -0.00358. The van der Waals surface area contributed by atoms with E-state index in [0.29, 0.717) is 16.4 Å². The smallest absolute Gasteiger partial charge is 0.286 e. The van der Waals surface area contributed by atoms with Crippen LogP contribution in [0.2, 0.25) is 0 Å². The first-order valence-electron chi connectivity index (χ1n) is 9.63. The number of fused-ring (bicyclic) bond motifs is 2. The number of aromatic nitrogens is 2. The van der Waals surface area contributed by atoms with E-state index in [0.717, 1.165) is 35.7 Å². The van der Waals surface area contributed by atoms with Gasteiger partial charge >= 0.3 is 0 Å². The molecule has 0 saturated heterocycles. The van der Waals surface area contributed by atoms with Crippen LogP contribution in [0.3, 0.4) is 0 Å². The Kier molecular flexibility index (Phi) is 4.64. The second-order valence-electron chi connectivity index (χ2n) is 8.57. The van der Waals surface area contributed by atoms with Crippen molar-refractivity contribution in [2.45, 2.75) is 39.7 Å². The number of benzene rings is 1. The van der Waals surface area contributed by atoms with E-state index in [4.69, 9.17) is 0 Å². The molecule has 1 N–H and O–H groups in total. The molecule has 0 amide bonds. The van der Waals surface area contributed by atoms with Gasteiger partial charge in [-0.25, -0.2) is 4.68 Å². The molecule has 26 heavy (non-hydrogen) atoms. The lowest BCUT2D eigenvalue weighted by Crippen LogP contribution is -2.54. The minimum Gasteiger partial charge on any atom is -0.311 e. The molecule has 5 heteroatoms. The average molecular weight is 418 g/mol. The summed E-state index contributed by atoms with van der Waals surface area (Å²) in [6.45, 7) is 6.63. The highest BCUT2D eigenvalue weighted by molar-refractivity contribution is 9.10. The highest BCUT2D eigenvalue weighted by Crippen LogP contribution is 2.61. The first-order valence-corrected chi connectivity index (χ1v) is 10.4. The van der Waals surface area contributed by atoms with Crippen LogP contribution in [0.5, 0.6) is 0 Å². The molecular weight excluding hydrogens is 390 g/mol. The van der Waals surface area contributed by atoms with Gasteiger partial charge in [0.1, 0.15) is 4.47 Å². The predicted molar refractivity (Wildman–Crippen MR) is 109 cm³/mol. The molecule has 2 bridgehead atoms. The van der Waals surface area contributed by atoms with Gasteiger partial charge in [0.25, 0.3) is 5.56 Å². The standard InChI is InChI=1S/C21H28BrN3O/c1-21(2)15-10-9-14(17(21)11-15)12-23-13-18-19(22)20(26)25(24(18)3)16-7-5-4-6-8-16/h4-8,14-15,17,23H,9-13H2,1-3H3/t14-,15-,17-/m0/s1.